The molecule has 1 aliphatic carbocycles. The number of hydrogen-bond acceptors (Lipinski definition) is 14. The second-order valence-electron chi connectivity index (χ2n) is 16.3. The highest BCUT2D eigenvalue weighted by Gasteiger charge is 2.39. The van der Waals surface area contributed by atoms with Gasteiger partial charge in [-0.15, -0.1) is 16.8 Å². The molecule has 7 amide bonds. The average molecular weight is 927 g/mol. The molecule has 6 rings (SSSR count). The van der Waals surface area contributed by atoms with Crippen molar-refractivity contribution < 1.29 is 57.5 Å². The highest BCUT2D eigenvalue weighted by Crippen LogP contribution is 2.33. The first kappa shape index (κ1) is 48.8. The van der Waals surface area contributed by atoms with Gasteiger partial charge in [0.1, 0.15) is 19.0 Å². The number of para-hydroxylation sites is 2. The molecule has 350 valence electrons. The number of benzene rings is 2. The van der Waals surface area contributed by atoms with Gasteiger partial charge in [0, 0.05) is 74.5 Å². The smallest absolute Gasteiger partial charge is 0.411 e. The number of pyridine rings is 1. The average Bonchev–Trinajstić information content (AvgIpc) is 3.79. The van der Waals surface area contributed by atoms with Crippen molar-refractivity contribution in [3.63, 3.8) is 0 Å². The van der Waals surface area contributed by atoms with E-state index in [4.69, 9.17) is 14.3 Å². The van der Waals surface area contributed by atoms with Crippen LogP contribution in [0.3, 0.4) is 0 Å². The van der Waals surface area contributed by atoms with Crippen molar-refractivity contribution in [2.24, 2.45) is 11.8 Å². The number of imide groups is 2. The van der Waals surface area contributed by atoms with Crippen molar-refractivity contribution in [3.8, 4) is 0 Å². The summed E-state index contributed by atoms with van der Waals surface area (Å²) in [4.78, 5) is 122. The van der Waals surface area contributed by atoms with E-state index >= 15 is 0 Å². The first-order chi connectivity index (χ1) is 31.9. The number of alkyl carbamates (subject to hydrolysis) is 1. The number of aromatic nitrogens is 1. The minimum atomic E-state index is -0.762. The number of thioether (sulfide) groups is 1. The number of rotatable bonds is 22. The Morgan fingerprint density at radius 1 is 0.742 bits per heavy atom. The van der Waals surface area contributed by atoms with Gasteiger partial charge in [0.15, 0.2) is 0 Å². The summed E-state index contributed by atoms with van der Waals surface area (Å²) in [6, 6.07) is 16.8. The highest BCUT2D eigenvalue weighted by atomic mass is 32.2. The van der Waals surface area contributed by atoms with Gasteiger partial charge in [0.2, 0.25) is 11.8 Å². The van der Waals surface area contributed by atoms with E-state index in [1.165, 1.54) is 16.7 Å². The van der Waals surface area contributed by atoms with Crippen molar-refractivity contribution in [2.45, 2.75) is 102 Å². The molecule has 0 bridgehead atoms. The van der Waals surface area contributed by atoms with Gasteiger partial charge in [-0.1, -0.05) is 36.8 Å². The number of nitrogens with one attached hydrogen (secondary N) is 3. The molecule has 2 saturated heterocycles. The van der Waals surface area contributed by atoms with Crippen LogP contribution in [0.1, 0.15) is 105 Å². The molecule has 2 aliphatic heterocycles. The van der Waals surface area contributed by atoms with Crippen LogP contribution in [0.2, 0.25) is 0 Å². The maximum atomic E-state index is 13.1. The molecule has 3 heterocycles. The number of likely N-dealkylation sites (tertiary alicyclic amines) is 1. The fraction of sp³-hybridized carbons (Fsp3) is 0.447. The van der Waals surface area contributed by atoms with Gasteiger partial charge in [0.25, 0.3) is 17.7 Å². The minimum absolute atomic E-state index is 0.0262. The van der Waals surface area contributed by atoms with Crippen LogP contribution in [0.15, 0.2) is 73.1 Å². The number of carbonyl (C=O) groups is 9. The summed E-state index contributed by atoms with van der Waals surface area (Å²) >= 11 is 1.24. The zero-order valence-electron chi connectivity index (χ0n) is 36.5. The van der Waals surface area contributed by atoms with E-state index in [2.05, 4.69) is 20.9 Å². The summed E-state index contributed by atoms with van der Waals surface area (Å²) in [5.41, 5.74) is 2.50. The molecule has 3 aromatic rings. The van der Waals surface area contributed by atoms with Crippen LogP contribution in [-0.2, 0) is 56.2 Å². The van der Waals surface area contributed by atoms with Crippen molar-refractivity contribution in [1.82, 2.24) is 20.3 Å². The first-order valence-corrected chi connectivity index (χ1v) is 23.3. The number of nitrogens with zero attached hydrogens (tertiary/aromatic N) is 3. The molecule has 19 heteroatoms. The molecular weight excluding hydrogens is 873 g/mol. The predicted octanol–water partition coefficient (Wildman–Crippen LogP) is 6.49. The highest BCUT2D eigenvalue weighted by molar-refractivity contribution is 8.00. The molecule has 18 nitrogen and oxygen atoms in total. The van der Waals surface area contributed by atoms with Crippen LogP contribution in [-0.4, -0.2) is 92.6 Å². The van der Waals surface area contributed by atoms with Crippen LogP contribution in [0.4, 0.5) is 21.0 Å². The van der Waals surface area contributed by atoms with E-state index in [-0.39, 0.29) is 74.8 Å². The van der Waals surface area contributed by atoms with Gasteiger partial charge in [-0.3, -0.25) is 44.0 Å². The number of hydrogen-bond donors (Lipinski definition) is 3. The second kappa shape index (κ2) is 24.6. The largest absolute Gasteiger partial charge is 0.448 e. The molecule has 2 aromatic carbocycles. The quantitative estimate of drug-likeness (QED) is 0.0722. The molecule has 3 N–H and O–H groups in total. The van der Waals surface area contributed by atoms with E-state index in [1.807, 2.05) is 0 Å². The monoisotopic (exact) mass is 926 g/mol. The number of amides is 7. The molecule has 0 spiro atoms. The van der Waals surface area contributed by atoms with Gasteiger partial charge in [0.05, 0.1) is 22.5 Å². The summed E-state index contributed by atoms with van der Waals surface area (Å²) in [6.45, 7) is 0.529. The number of ether oxygens (including phenoxy) is 2. The SMILES string of the molecule is O=C(CCCCCN1C(=O)CC(SCCOC(=O)Nc2ccccc2NC(=O)c2ccc(CNC(=O)OCc3cccnc3)cc2)C1=O)CCC1CCC(C(=O)ON2C(=O)CCC2=O)CC1. The zero-order valence-corrected chi connectivity index (χ0v) is 37.4. The van der Waals surface area contributed by atoms with Gasteiger partial charge in [-0.05, 0) is 86.8 Å². The third kappa shape index (κ3) is 14.7. The maximum Gasteiger partial charge on any atom is 0.411 e. The Morgan fingerprint density at radius 3 is 2.18 bits per heavy atom. The molecule has 0 radical (unpaired) electrons. The Morgan fingerprint density at radius 2 is 1.47 bits per heavy atom. The lowest BCUT2D eigenvalue weighted by Crippen LogP contribution is -2.35. The number of Topliss-reactive ketones (excluding diaryl/α,β-unsaturated/α-hetero) is 1. The van der Waals surface area contributed by atoms with Crippen LogP contribution >= 0.6 is 11.8 Å². The van der Waals surface area contributed by atoms with Crippen LogP contribution in [0, 0.1) is 11.8 Å². The summed E-state index contributed by atoms with van der Waals surface area (Å²) in [7, 11) is 0. The number of ketones is 1. The van der Waals surface area contributed by atoms with Gasteiger partial charge in [-0.2, -0.15) is 0 Å². The summed E-state index contributed by atoms with van der Waals surface area (Å²) in [5, 5.41) is 8.09. The van der Waals surface area contributed by atoms with E-state index < -0.39 is 41.1 Å². The maximum absolute atomic E-state index is 13.1. The Kier molecular flexibility index (Phi) is 18.2. The standard InChI is InChI=1S/C47H54N6O12S/c54-36(20-15-31-11-18-35(19-12-31)45(60)65-53-40(55)21-22-41(53)56)8-2-1-5-24-52-42(57)27-39(44(52)59)66-26-25-63-47(62)51-38-10-4-3-9-37(38)50-43(58)34-16-13-32(14-17-34)29-49-46(61)64-30-33-7-6-23-48-28-33/h3-4,6-7,9-10,13-14,16-17,23,28,31,35,39H,1-2,5,8,11-12,15,18-22,24-27,29-30H2,(H,49,61)(H,50,58)(H,51,62). The molecule has 1 atom stereocenters. The van der Waals surface area contributed by atoms with Gasteiger partial charge >= 0.3 is 18.2 Å². The molecule has 66 heavy (non-hydrogen) atoms. The van der Waals surface area contributed by atoms with Gasteiger partial charge < -0.3 is 24.9 Å². The molecular formula is C47H54N6O12S. The summed E-state index contributed by atoms with van der Waals surface area (Å²) in [5.74, 6) is -2.11. The van der Waals surface area contributed by atoms with Crippen molar-refractivity contribution in [3.05, 3.63) is 89.7 Å². The fourth-order valence-electron chi connectivity index (χ4n) is 7.78. The molecule has 3 aliphatic rings. The normalized spacial score (nSPS) is 18.2. The zero-order chi connectivity index (χ0) is 46.8. The molecule has 1 unspecified atom stereocenters. The van der Waals surface area contributed by atoms with E-state index in [0.717, 1.165) is 30.4 Å². The van der Waals surface area contributed by atoms with Crippen LogP contribution in [0.25, 0.3) is 0 Å². The number of unbranched alkanes of at least 4 members (excludes halogenated alkanes) is 2. The Labute approximate surface area is 386 Å². The predicted molar refractivity (Wildman–Crippen MR) is 240 cm³/mol. The van der Waals surface area contributed by atoms with Crippen LogP contribution in [0.5, 0.6) is 0 Å². The van der Waals surface area contributed by atoms with Crippen molar-refractivity contribution >= 4 is 76.6 Å². The molecule has 1 aromatic heterocycles. The lowest BCUT2D eigenvalue weighted by molar-refractivity contribution is -0.201. The Bertz CT molecular complexity index is 2220. The topological polar surface area (TPSA) is 237 Å². The minimum Gasteiger partial charge on any atom is -0.448 e. The van der Waals surface area contributed by atoms with Crippen LogP contribution < -0.4 is 16.0 Å². The third-order valence-corrected chi connectivity index (χ3v) is 12.7. The Hall–Kier alpha value is -6.63. The number of hydroxylamine groups is 2. The Balaban J connectivity index is 0.803. The molecule has 1 saturated carbocycles. The van der Waals surface area contributed by atoms with Crippen molar-refractivity contribution in [1.29, 1.82) is 0 Å². The summed E-state index contributed by atoms with van der Waals surface area (Å²) in [6.07, 6.45) is 8.28. The van der Waals surface area contributed by atoms with E-state index in [1.54, 1.807) is 73.1 Å². The number of carbonyl (C=O) groups excluding carboxylic acids is 9. The number of anilines is 2. The second-order valence-corrected chi connectivity index (χ2v) is 17.6. The van der Waals surface area contributed by atoms with E-state index in [9.17, 15) is 43.2 Å². The first-order valence-electron chi connectivity index (χ1n) is 22.2. The van der Waals surface area contributed by atoms with E-state index in [0.29, 0.717) is 72.9 Å². The van der Waals surface area contributed by atoms with Crippen molar-refractivity contribution in [2.75, 3.05) is 29.5 Å². The third-order valence-electron chi connectivity index (χ3n) is 11.5. The summed E-state index contributed by atoms with van der Waals surface area (Å²) < 4.78 is 10.5. The lowest BCUT2D eigenvalue weighted by atomic mass is 9.79. The van der Waals surface area contributed by atoms with Gasteiger partial charge in [-0.25, -0.2) is 14.4 Å². The lowest BCUT2D eigenvalue weighted by Gasteiger charge is -2.27. The molecule has 3 fully saturated rings. The fourth-order valence-corrected chi connectivity index (χ4v) is 8.78.